The minimum absolute atomic E-state index is 0.0466. The Morgan fingerprint density at radius 3 is 0.836 bits per heavy atom. The van der Waals surface area contributed by atoms with Gasteiger partial charge in [0, 0.05) is 19.6 Å². The van der Waals surface area contributed by atoms with Crippen LogP contribution in [0.5, 0.6) is 69.0 Å². The smallest absolute Gasteiger partial charge is 0.161 e. The second-order valence-electron chi connectivity index (χ2n) is 18.0. The van der Waals surface area contributed by atoms with Crippen LogP contribution in [-0.4, -0.2) is 139 Å². The Bertz CT molecular complexity index is 2440. The summed E-state index contributed by atoms with van der Waals surface area (Å²) in [6, 6.07) is 33.6. The molecule has 0 spiro atoms. The summed E-state index contributed by atoms with van der Waals surface area (Å²) in [6.45, 7) is 1.53. The van der Waals surface area contributed by atoms with Gasteiger partial charge in [-0.15, -0.1) is 0 Å². The Hall–Kier alpha value is -7.24. The molecule has 12 heterocycles. The van der Waals surface area contributed by atoms with Gasteiger partial charge in [0.1, 0.15) is 112 Å². The largest absolute Gasteiger partial charge is 0.493 e. The van der Waals surface area contributed by atoms with Crippen LogP contribution in [0.15, 0.2) is 109 Å². The summed E-state index contributed by atoms with van der Waals surface area (Å²) >= 11 is 0. The lowest BCUT2D eigenvalue weighted by Gasteiger charge is -2.29. The summed E-state index contributed by atoms with van der Waals surface area (Å²) in [6.07, 6.45) is -1.25. The first kappa shape index (κ1) is 50.7. The highest BCUT2D eigenvalue weighted by molar-refractivity contribution is 5.58. The van der Waals surface area contributed by atoms with E-state index in [-0.39, 0.29) is 79.1 Å². The van der Waals surface area contributed by atoms with Gasteiger partial charge in [-0.3, -0.25) is 4.90 Å². The Balaban J connectivity index is 1.09. The van der Waals surface area contributed by atoms with E-state index in [9.17, 15) is 15.3 Å². The predicted octanol–water partition coefficient (Wildman–Crippen LogP) is 6.72. The maximum absolute atomic E-state index is 11.2. The lowest BCUT2D eigenvalue weighted by atomic mass is 9.94. The molecule has 0 amide bonds. The number of aliphatic hydroxyl groups is 3. The first-order valence-electron chi connectivity index (χ1n) is 24.5. The molecule has 16 bridgehead atoms. The Morgan fingerprint density at radius 2 is 0.575 bits per heavy atom. The zero-order chi connectivity index (χ0) is 50.5. The number of benzene rings is 6. The molecule has 12 aliphatic heterocycles. The van der Waals surface area contributed by atoms with Crippen LogP contribution in [0.3, 0.4) is 0 Å². The summed E-state index contributed by atoms with van der Waals surface area (Å²) in [7, 11) is 4.90. The summed E-state index contributed by atoms with van der Waals surface area (Å²) in [5.41, 5.74) is 6.26. The predicted molar refractivity (Wildman–Crippen MR) is 271 cm³/mol. The minimum atomic E-state index is -0.978. The lowest BCUT2D eigenvalue weighted by molar-refractivity contribution is 0.00359. The molecule has 0 unspecified atom stereocenters. The molecule has 1 aliphatic carbocycles. The zero-order valence-corrected chi connectivity index (χ0v) is 41.4. The topological polar surface area (TPSA) is 175 Å². The molecule has 0 radical (unpaired) electrons. The molecule has 16 nitrogen and oxygen atoms in total. The molecule has 19 rings (SSSR count). The third-order valence-electron chi connectivity index (χ3n) is 12.6. The van der Waals surface area contributed by atoms with Crippen molar-refractivity contribution >= 4 is 0 Å². The maximum Gasteiger partial charge on any atom is 0.161 e. The number of fused-ring (bicyclic) bond motifs is 1. The molecular formula is C57H63NO15. The van der Waals surface area contributed by atoms with Crippen LogP contribution in [0.25, 0.3) is 0 Å². The average molecular weight is 1000 g/mol. The highest BCUT2D eigenvalue weighted by Gasteiger charge is 2.24. The minimum Gasteiger partial charge on any atom is -0.493 e. The Kier molecular flexibility index (Phi) is 17.0. The van der Waals surface area contributed by atoms with Gasteiger partial charge < -0.3 is 72.2 Å². The van der Waals surface area contributed by atoms with E-state index in [0.29, 0.717) is 88.3 Å². The van der Waals surface area contributed by atoms with Crippen LogP contribution in [0.1, 0.15) is 33.4 Å². The molecule has 3 N–H and O–H groups in total. The van der Waals surface area contributed by atoms with Crippen molar-refractivity contribution in [2.45, 2.75) is 37.6 Å². The van der Waals surface area contributed by atoms with E-state index in [4.69, 9.17) is 56.8 Å². The standard InChI is InChI=1S/C57H63NO15/c1-62-52-25-37-22-41-29-56-54(64-3)27-39(41)24-42-30-57-53(63-2)26-38(42)23-40(37)28-55(52)68-19-16-65-46-4-10-49(11-5-46)71-34-43(59)31-58(32-44(60)35-72-50-12-6-47(7-13-50)66-17-20-69-56)33-45(61)36-73-51-14-8-48(9-15-51)67-18-21-70-57/h4-15,25-30,43-45,59-61H,16-24,31-36H2,1-3H3/t43-,44-,45-/m0/s1. The monoisotopic (exact) mass is 1000 g/mol. The van der Waals surface area contributed by atoms with Crippen LogP contribution in [0.4, 0.5) is 0 Å². The zero-order valence-electron chi connectivity index (χ0n) is 41.4. The first-order valence-corrected chi connectivity index (χ1v) is 24.5. The molecule has 0 aromatic heterocycles. The van der Waals surface area contributed by atoms with Crippen LogP contribution >= 0.6 is 0 Å². The highest BCUT2D eigenvalue weighted by Crippen LogP contribution is 2.41. The molecular weight excluding hydrogens is 939 g/mol. The lowest BCUT2D eigenvalue weighted by Crippen LogP contribution is -2.45. The van der Waals surface area contributed by atoms with E-state index >= 15 is 0 Å². The molecule has 0 saturated carbocycles. The summed E-state index contributed by atoms with van der Waals surface area (Å²) in [5, 5.41) is 33.6. The summed E-state index contributed by atoms with van der Waals surface area (Å²) < 4.78 is 73.2. The van der Waals surface area contributed by atoms with Crippen molar-refractivity contribution in [2.75, 3.05) is 100 Å². The molecule has 0 fully saturated rings. The van der Waals surface area contributed by atoms with Crippen molar-refractivity contribution in [3.05, 3.63) is 143 Å². The highest BCUT2D eigenvalue weighted by atomic mass is 16.6. The van der Waals surface area contributed by atoms with Gasteiger partial charge in [-0.25, -0.2) is 0 Å². The van der Waals surface area contributed by atoms with Gasteiger partial charge in [-0.05, 0) is 162 Å². The Labute approximate surface area is 425 Å². The normalized spacial score (nSPS) is 19.8. The number of methoxy groups -OCH3 is 3. The van der Waals surface area contributed by atoms with Crippen molar-refractivity contribution in [2.24, 2.45) is 0 Å². The third-order valence-corrected chi connectivity index (χ3v) is 12.6. The van der Waals surface area contributed by atoms with Gasteiger partial charge in [-0.2, -0.15) is 0 Å². The van der Waals surface area contributed by atoms with E-state index in [1.165, 1.54) is 0 Å². The van der Waals surface area contributed by atoms with E-state index < -0.39 is 18.3 Å². The van der Waals surface area contributed by atoms with Crippen LogP contribution in [0.2, 0.25) is 0 Å². The molecule has 0 saturated heterocycles. The molecule has 3 atom stereocenters. The number of aliphatic hydroxyl groups excluding tert-OH is 3. The van der Waals surface area contributed by atoms with Crippen molar-refractivity contribution in [3.8, 4) is 69.0 Å². The third kappa shape index (κ3) is 13.6. The van der Waals surface area contributed by atoms with Crippen LogP contribution < -0.4 is 56.8 Å². The number of nitrogens with zero attached hydrogens (tertiary/aromatic N) is 1. The van der Waals surface area contributed by atoms with Crippen molar-refractivity contribution in [3.63, 3.8) is 0 Å². The molecule has 386 valence electrons. The number of hydrogen-bond donors (Lipinski definition) is 3. The number of hydrogen-bond acceptors (Lipinski definition) is 16. The molecule has 16 heteroatoms. The van der Waals surface area contributed by atoms with Gasteiger partial charge in [0.15, 0.2) is 34.5 Å². The summed E-state index contributed by atoms with van der Waals surface area (Å²) in [4.78, 5) is 1.76. The van der Waals surface area contributed by atoms with E-state index in [0.717, 1.165) is 33.4 Å². The van der Waals surface area contributed by atoms with E-state index in [1.807, 2.05) is 36.4 Å². The van der Waals surface area contributed by atoms with Gasteiger partial charge >= 0.3 is 0 Å². The van der Waals surface area contributed by atoms with Crippen molar-refractivity contribution in [1.82, 2.24) is 4.90 Å². The molecule has 13 aliphatic rings. The van der Waals surface area contributed by atoms with Crippen LogP contribution in [0, 0.1) is 0 Å². The van der Waals surface area contributed by atoms with Gasteiger partial charge in [0.05, 0.1) is 21.3 Å². The van der Waals surface area contributed by atoms with E-state index in [1.54, 1.807) is 99.0 Å². The second kappa shape index (κ2) is 24.5. The average Bonchev–Trinajstić information content (AvgIpc) is 3.45. The van der Waals surface area contributed by atoms with E-state index in [2.05, 4.69) is 0 Å². The SMILES string of the molecule is COc1cc2c3cc1OCCOc1ccc(cc1)OC[C@@H](O)CN1C[C@H](O)COc4ccc(cc4)OCCOc4cc(c(cc4OC)C3)Cc3cc(OC)c(cc3C2)OCCOc2ccc(cc2)OC[C@@H](O)C1. The van der Waals surface area contributed by atoms with Crippen molar-refractivity contribution < 1.29 is 72.2 Å². The fraction of sp³-hybridized carbons (Fsp3) is 0.368. The number of ether oxygens (including phenoxy) is 12. The molecule has 6 aromatic carbocycles. The summed E-state index contributed by atoms with van der Waals surface area (Å²) in [5.74, 6) is 6.91. The number of rotatable bonds is 3. The fourth-order valence-corrected chi connectivity index (χ4v) is 9.04. The van der Waals surface area contributed by atoms with Gasteiger partial charge in [0.25, 0.3) is 0 Å². The van der Waals surface area contributed by atoms with Crippen molar-refractivity contribution in [1.29, 1.82) is 0 Å². The van der Waals surface area contributed by atoms with Crippen LogP contribution in [-0.2, 0) is 19.3 Å². The Morgan fingerprint density at radius 1 is 0.342 bits per heavy atom. The fourth-order valence-electron chi connectivity index (χ4n) is 9.04. The quantitative estimate of drug-likeness (QED) is 0.170. The molecule has 73 heavy (non-hydrogen) atoms. The molecule has 6 aromatic rings. The first-order chi connectivity index (χ1) is 35.7. The van der Waals surface area contributed by atoms with Gasteiger partial charge in [-0.1, -0.05) is 0 Å². The van der Waals surface area contributed by atoms with Gasteiger partial charge in [0.2, 0.25) is 0 Å². The second-order valence-corrected chi connectivity index (χ2v) is 18.0. The maximum atomic E-state index is 11.2.